The Balaban J connectivity index is 1.54. The van der Waals surface area contributed by atoms with E-state index in [0.717, 1.165) is 11.1 Å². The van der Waals surface area contributed by atoms with E-state index in [0.29, 0.717) is 27.7 Å². The highest BCUT2D eigenvalue weighted by molar-refractivity contribution is 7.12. The van der Waals surface area contributed by atoms with Crippen molar-refractivity contribution in [2.24, 2.45) is 5.10 Å². The second-order valence-electron chi connectivity index (χ2n) is 6.61. The summed E-state index contributed by atoms with van der Waals surface area (Å²) in [5.41, 5.74) is 5.32. The molecule has 3 aromatic rings. The van der Waals surface area contributed by atoms with Crippen molar-refractivity contribution in [3.05, 3.63) is 75.5 Å². The molecule has 0 saturated heterocycles. The van der Waals surface area contributed by atoms with Gasteiger partial charge in [-0.2, -0.15) is 5.10 Å². The standard InChI is InChI=1S/C23H22N2O5S/c1-15-6-8-18(11-16(15)2)29-14-22(26)25-24-13-17-7-9-19(20(12-17)28-3)30-23(27)21-5-4-10-31-21/h4-13H,14H2,1-3H3,(H,25,26). The molecule has 0 bridgehead atoms. The first-order valence-corrected chi connectivity index (χ1v) is 10.3. The first-order chi connectivity index (χ1) is 15.0. The zero-order valence-corrected chi connectivity index (χ0v) is 18.2. The largest absolute Gasteiger partial charge is 0.493 e. The van der Waals surface area contributed by atoms with E-state index in [1.165, 1.54) is 24.7 Å². The van der Waals surface area contributed by atoms with E-state index in [1.807, 2.05) is 32.0 Å². The Kier molecular flexibility index (Phi) is 7.40. The van der Waals surface area contributed by atoms with Crippen LogP contribution in [-0.2, 0) is 4.79 Å². The molecular weight excluding hydrogens is 416 g/mol. The minimum atomic E-state index is -0.453. The number of methoxy groups -OCH3 is 1. The number of thiophene rings is 1. The van der Waals surface area contributed by atoms with Gasteiger partial charge in [-0.05, 0) is 72.3 Å². The topological polar surface area (TPSA) is 86.2 Å². The molecule has 1 amide bonds. The van der Waals surface area contributed by atoms with Gasteiger partial charge in [0.2, 0.25) is 0 Å². The van der Waals surface area contributed by atoms with Crippen LogP contribution in [0.1, 0.15) is 26.4 Å². The first kappa shape index (κ1) is 22.0. The summed E-state index contributed by atoms with van der Waals surface area (Å²) in [5.74, 6) is 0.454. The highest BCUT2D eigenvalue weighted by Gasteiger charge is 2.13. The van der Waals surface area contributed by atoms with Crippen LogP contribution in [0, 0.1) is 13.8 Å². The normalized spacial score (nSPS) is 10.7. The van der Waals surface area contributed by atoms with Crippen molar-refractivity contribution in [3.63, 3.8) is 0 Å². The van der Waals surface area contributed by atoms with Crippen LogP contribution in [0.5, 0.6) is 17.2 Å². The average Bonchev–Trinajstić information content (AvgIpc) is 3.30. The maximum absolute atomic E-state index is 12.1. The van der Waals surface area contributed by atoms with Gasteiger partial charge in [0.1, 0.15) is 10.6 Å². The summed E-state index contributed by atoms with van der Waals surface area (Å²) in [6.07, 6.45) is 1.46. The molecule has 0 atom stereocenters. The predicted octanol–water partition coefficient (Wildman–Crippen LogP) is 4.12. The second kappa shape index (κ2) is 10.4. The van der Waals surface area contributed by atoms with E-state index in [-0.39, 0.29) is 12.5 Å². The van der Waals surface area contributed by atoms with Crippen molar-refractivity contribution in [3.8, 4) is 17.2 Å². The van der Waals surface area contributed by atoms with Gasteiger partial charge in [0, 0.05) is 0 Å². The number of carbonyl (C=O) groups excluding carboxylic acids is 2. The van der Waals surface area contributed by atoms with E-state index < -0.39 is 5.97 Å². The summed E-state index contributed by atoms with van der Waals surface area (Å²) < 4.78 is 16.2. The smallest absolute Gasteiger partial charge is 0.353 e. The molecule has 2 aromatic carbocycles. The number of hydrogen-bond donors (Lipinski definition) is 1. The third-order valence-electron chi connectivity index (χ3n) is 4.36. The number of benzene rings is 2. The van der Waals surface area contributed by atoms with Gasteiger partial charge in [-0.1, -0.05) is 12.1 Å². The molecule has 160 valence electrons. The van der Waals surface area contributed by atoms with Gasteiger partial charge in [-0.3, -0.25) is 4.79 Å². The van der Waals surface area contributed by atoms with Gasteiger partial charge in [-0.15, -0.1) is 11.3 Å². The van der Waals surface area contributed by atoms with Gasteiger partial charge in [-0.25, -0.2) is 10.2 Å². The molecule has 7 nitrogen and oxygen atoms in total. The average molecular weight is 439 g/mol. The molecule has 0 unspecified atom stereocenters. The minimum absolute atomic E-state index is 0.152. The molecule has 31 heavy (non-hydrogen) atoms. The van der Waals surface area contributed by atoms with Gasteiger partial charge in [0.15, 0.2) is 18.1 Å². The number of ether oxygens (including phenoxy) is 3. The van der Waals surface area contributed by atoms with E-state index in [2.05, 4.69) is 10.5 Å². The summed E-state index contributed by atoms with van der Waals surface area (Å²) in [6.45, 7) is 3.84. The van der Waals surface area contributed by atoms with Crippen LogP contribution >= 0.6 is 11.3 Å². The zero-order chi connectivity index (χ0) is 22.2. The highest BCUT2D eigenvalue weighted by atomic mass is 32.1. The molecule has 0 aliphatic heterocycles. The molecule has 1 heterocycles. The van der Waals surface area contributed by atoms with E-state index in [1.54, 1.807) is 35.7 Å². The molecule has 1 aromatic heterocycles. The van der Waals surface area contributed by atoms with Crippen LogP contribution in [0.25, 0.3) is 0 Å². The number of nitrogens with one attached hydrogen (secondary N) is 1. The number of carbonyl (C=O) groups is 2. The maximum Gasteiger partial charge on any atom is 0.353 e. The summed E-state index contributed by atoms with van der Waals surface area (Å²) in [7, 11) is 1.48. The van der Waals surface area contributed by atoms with Crippen molar-refractivity contribution < 1.29 is 23.8 Å². The number of rotatable bonds is 8. The van der Waals surface area contributed by atoms with Gasteiger partial charge in [0.05, 0.1) is 13.3 Å². The van der Waals surface area contributed by atoms with E-state index in [4.69, 9.17) is 14.2 Å². The van der Waals surface area contributed by atoms with Crippen molar-refractivity contribution in [1.29, 1.82) is 0 Å². The maximum atomic E-state index is 12.1. The third kappa shape index (κ3) is 6.16. The van der Waals surface area contributed by atoms with Crippen LogP contribution in [0.2, 0.25) is 0 Å². The summed E-state index contributed by atoms with van der Waals surface area (Å²) in [4.78, 5) is 24.6. The lowest BCUT2D eigenvalue weighted by molar-refractivity contribution is -0.123. The monoisotopic (exact) mass is 438 g/mol. The Morgan fingerprint density at radius 2 is 1.90 bits per heavy atom. The molecule has 0 aliphatic rings. The van der Waals surface area contributed by atoms with Crippen LogP contribution in [-0.4, -0.2) is 31.8 Å². The fourth-order valence-corrected chi connectivity index (χ4v) is 3.16. The molecule has 0 saturated carbocycles. The van der Waals surface area contributed by atoms with E-state index in [9.17, 15) is 9.59 Å². The van der Waals surface area contributed by atoms with Crippen LogP contribution in [0.4, 0.5) is 0 Å². The molecule has 0 fully saturated rings. The SMILES string of the molecule is COc1cc(C=NNC(=O)COc2ccc(C)c(C)c2)ccc1OC(=O)c1cccs1. The first-order valence-electron chi connectivity index (χ1n) is 9.42. The quantitative estimate of drug-likeness (QED) is 0.247. The van der Waals surface area contributed by atoms with Gasteiger partial charge in [0.25, 0.3) is 5.91 Å². The number of aryl methyl sites for hydroxylation is 2. The van der Waals surface area contributed by atoms with Crippen molar-refractivity contribution in [2.45, 2.75) is 13.8 Å². The van der Waals surface area contributed by atoms with Crippen LogP contribution < -0.4 is 19.6 Å². The lowest BCUT2D eigenvalue weighted by Crippen LogP contribution is -2.24. The second-order valence-corrected chi connectivity index (χ2v) is 7.55. The Labute approximate surface area is 184 Å². The Bertz CT molecular complexity index is 1090. The van der Waals surface area contributed by atoms with Crippen molar-refractivity contribution in [1.82, 2.24) is 5.43 Å². The van der Waals surface area contributed by atoms with Crippen molar-refractivity contribution in [2.75, 3.05) is 13.7 Å². The Morgan fingerprint density at radius 1 is 1.06 bits per heavy atom. The molecule has 0 aliphatic carbocycles. The minimum Gasteiger partial charge on any atom is -0.493 e. The number of nitrogens with zero attached hydrogens (tertiary/aromatic N) is 1. The lowest BCUT2D eigenvalue weighted by atomic mass is 10.1. The number of amides is 1. The fraction of sp³-hybridized carbons (Fsp3) is 0.174. The fourth-order valence-electron chi connectivity index (χ4n) is 2.56. The summed E-state index contributed by atoms with van der Waals surface area (Å²) in [6, 6.07) is 14.1. The molecule has 0 radical (unpaired) electrons. The predicted molar refractivity (Wildman–Crippen MR) is 119 cm³/mol. The summed E-state index contributed by atoms with van der Waals surface area (Å²) in [5, 5.41) is 5.73. The molecule has 8 heteroatoms. The highest BCUT2D eigenvalue weighted by Crippen LogP contribution is 2.28. The number of esters is 1. The van der Waals surface area contributed by atoms with Crippen molar-refractivity contribution >= 4 is 29.4 Å². The third-order valence-corrected chi connectivity index (χ3v) is 5.21. The Hall–Kier alpha value is -3.65. The zero-order valence-electron chi connectivity index (χ0n) is 17.4. The number of hydrogen-bond acceptors (Lipinski definition) is 7. The Morgan fingerprint density at radius 3 is 2.61 bits per heavy atom. The van der Waals surface area contributed by atoms with Gasteiger partial charge >= 0.3 is 5.97 Å². The van der Waals surface area contributed by atoms with Gasteiger partial charge < -0.3 is 14.2 Å². The van der Waals surface area contributed by atoms with Crippen LogP contribution in [0.15, 0.2) is 59.0 Å². The molecular formula is C23H22N2O5S. The molecule has 0 spiro atoms. The molecule has 3 rings (SSSR count). The summed E-state index contributed by atoms with van der Waals surface area (Å²) >= 11 is 1.30. The lowest BCUT2D eigenvalue weighted by Gasteiger charge is -2.09. The number of hydrazone groups is 1. The molecule has 1 N–H and O–H groups in total. The van der Waals surface area contributed by atoms with E-state index >= 15 is 0 Å². The van der Waals surface area contributed by atoms with Crippen LogP contribution in [0.3, 0.4) is 0 Å².